The molecule has 3 heteroatoms. The predicted octanol–water partition coefficient (Wildman–Crippen LogP) is 3.38. The van der Waals surface area contributed by atoms with E-state index in [9.17, 15) is 0 Å². The topological polar surface area (TPSA) is 9.23 Å². The van der Waals surface area contributed by atoms with Crippen LogP contribution in [0.3, 0.4) is 0 Å². The van der Waals surface area contributed by atoms with Gasteiger partial charge in [0.25, 0.3) is 7.63 Å². The molecule has 0 bridgehead atoms. The third kappa shape index (κ3) is 6.85. The lowest BCUT2D eigenvalue weighted by molar-refractivity contribution is 0.236. The van der Waals surface area contributed by atoms with Gasteiger partial charge in [0, 0.05) is 6.10 Å². The van der Waals surface area contributed by atoms with E-state index in [1.54, 1.807) is 0 Å². The first kappa shape index (κ1) is 11.5. The van der Waals surface area contributed by atoms with E-state index in [1.165, 1.54) is 0 Å². The lowest BCUT2D eigenvalue weighted by Crippen LogP contribution is -2.32. The Morgan fingerprint density at radius 1 is 1.27 bits per heavy atom. The Bertz CT molecular complexity index is 101. The molecule has 0 heterocycles. The molecule has 1 nitrogen and oxygen atoms in total. The SMILES string of the molecule is CC(C)C[Si](C)(Cl)OC(C)C. The molecule has 0 aliphatic heterocycles. The second kappa shape index (κ2) is 4.48. The van der Waals surface area contributed by atoms with Gasteiger partial charge in [0.05, 0.1) is 0 Å². The molecule has 0 aliphatic rings. The highest BCUT2D eigenvalue weighted by molar-refractivity contribution is 7.16. The zero-order valence-corrected chi connectivity index (χ0v) is 9.90. The molecule has 0 aliphatic carbocycles. The molecular formula is C8H19ClOSi. The second-order valence-corrected chi connectivity index (χ2v) is 9.11. The van der Waals surface area contributed by atoms with Crippen LogP contribution in [0.1, 0.15) is 27.7 Å². The first-order chi connectivity index (χ1) is 4.83. The summed E-state index contributed by atoms with van der Waals surface area (Å²) in [6, 6.07) is 1.03. The lowest BCUT2D eigenvalue weighted by atomic mass is 10.3. The van der Waals surface area contributed by atoms with Crippen molar-refractivity contribution in [2.75, 3.05) is 0 Å². The van der Waals surface area contributed by atoms with E-state index in [1.807, 2.05) is 13.8 Å². The molecule has 1 atom stereocenters. The smallest absolute Gasteiger partial charge is 0.287 e. The van der Waals surface area contributed by atoms with E-state index in [0.717, 1.165) is 6.04 Å². The van der Waals surface area contributed by atoms with Gasteiger partial charge in [0.1, 0.15) is 0 Å². The Balaban J connectivity index is 3.79. The normalized spacial score (nSPS) is 17.5. The molecule has 0 aromatic rings. The number of halogens is 1. The molecule has 0 saturated carbocycles. The molecule has 0 aromatic carbocycles. The third-order valence-electron chi connectivity index (χ3n) is 1.25. The molecule has 0 radical (unpaired) electrons. The largest absolute Gasteiger partial charge is 0.401 e. The average Bonchev–Trinajstić information content (AvgIpc) is 1.53. The minimum atomic E-state index is -1.86. The van der Waals surface area contributed by atoms with Crippen LogP contribution in [0.15, 0.2) is 0 Å². The Hall–Kier alpha value is 0.467. The number of hydrogen-bond donors (Lipinski definition) is 0. The van der Waals surface area contributed by atoms with Gasteiger partial charge in [-0.15, -0.1) is 11.1 Å². The molecule has 0 spiro atoms. The van der Waals surface area contributed by atoms with Gasteiger partial charge in [-0.25, -0.2) is 0 Å². The van der Waals surface area contributed by atoms with E-state index in [-0.39, 0.29) is 6.10 Å². The monoisotopic (exact) mass is 194 g/mol. The summed E-state index contributed by atoms with van der Waals surface area (Å²) in [4.78, 5) is 0. The van der Waals surface area contributed by atoms with Crippen molar-refractivity contribution in [2.45, 2.75) is 46.4 Å². The van der Waals surface area contributed by atoms with Crippen LogP contribution in [0.25, 0.3) is 0 Å². The highest BCUT2D eigenvalue weighted by Gasteiger charge is 2.28. The summed E-state index contributed by atoms with van der Waals surface area (Å²) < 4.78 is 5.65. The molecule has 0 saturated heterocycles. The molecular weight excluding hydrogens is 176 g/mol. The van der Waals surface area contributed by atoms with Crippen LogP contribution in [0.4, 0.5) is 0 Å². The number of rotatable bonds is 4. The lowest BCUT2D eigenvalue weighted by Gasteiger charge is -2.24. The standard InChI is InChI=1S/C8H19ClOSi/c1-7(2)6-11(5,9)10-8(3)4/h7-8H,6H2,1-5H3. The second-order valence-electron chi connectivity index (χ2n) is 3.87. The highest BCUT2D eigenvalue weighted by atomic mass is 35.6. The summed E-state index contributed by atoms with van der Waals surface area (Å²) in [5.74, 6) is 0.642. The van der Waals surface area contributed by atoms with Crippen LogP contribution >= 0.6 is 11.1 Å². The van der Waals surface area contributed by atoms with E-state index < -0.39 is 7.63 Å². The van der Waals surface area contributed by atoms with Crippen molar-refractivity contribution in [3.05, 3.63) is 0 Å². The van der Waals surface area contributed by atoms with E-state index in [4.69, 9.17) is 15.5 Å². The van der Waals surface area contributed by atoms with Gasteiger partial charge >= 0.3 is 0 Å². The summed E-state index contributed by atoms with van der Waals surface area (Å²) >= 11 is 6.24. The Kier molecular flexibility index (Phi) is 4.67. The van der Waals surface area contributed by atoms with Gasteiger partial charge in [-0.1, -0.05) is 13.8 Å². The van der Waals surface area contributed by atoms with Gasteiger partial charge in [0.15, 0.2) is 0 Å². The van der Waals surface area contributed by atoms with Crippen molar-refractivity contribution in [1.82, 2.24) is 0 Å². The van der Waals surface area contributed by atoms with Crippen molar-refractivity contribution in [3.8, 4) is 0 Å². The third-order valence-corrected chi connectivity index (χ3v) is 4.49. The fourth-order valence-electron chi connectivity index (χ4n) is 1.27. The van der Waals surface area contributed by atoms with Crippen molar-refractivity contribution >= 4 is 18.7 Å². The van der Waals surface area contributed by atoms with Crippen LogP contribution in [-0.2, 0) is 4.43 Å². The minimum Gasteiger partial charge on any atom is -0.401 e. The Morgan fingerprint density at radius 3 is 2.00 bits per heavy atom. The van der Waals surface area contributed by atoms with Crippen molar-refractivity contribution in [3.63, 3.8) is 0 Å². The minimum absolute atomic E-state index is 0.267. The molecule has 0 amide bonds. The Morgan fingerprint density at radius 2 is 1.73 bits per heavy atom. The van der Waals surface area contributed by atoms with Crippen LogP contribution in [0.5, 0.6) is 0 Å². The molecule has 0 fully saturated rings. The first-order valence-electron chi connectivity index (χ1n) is 4.20. The molecule has 11 heavy (non-hydrogen) atoms. The maximum atomic E-state index is 6.24. The molecule has 68 valence electrons. The zero-order valence-electron chi connectivity index (χ0n) is 8.15. The van der Waals surface area contributed by atoms with Crippen LogP contribution in [0.2, 0.25) is 12.6 Å². The van der Waals surface area contributed by atoms with E-state index >= 15 is 0 Å². The van der Waals surface area contributed by atoms with Gasteiger partial charge < -0.3 is 4.43 Å². The van der Waals surface area contributed by atoms with Crippen molar-refractivity contribution in [1.29, 1.82) is 0 Å². The highest BCUT2D eigenvalue weighted by Crippen LogP contribution is 2.23. The average molecular weight is 195 g/mol. The molecule has 0 rings (SSSR count). The maximum absolute atomic E-state index is 6.24. The summed E-state index contributed by atoms with van der Waals surface area (Å²) in [6.07, 6.45) is 0.267. The van der Waals surface area contributed by atoms with Crippen LogP contribution in [-0.4, -0.2) is 13.7 Å². The van der Waals surface area contributed by atoms with Gasteiger partial charge in [-0.2, -0.15) is 0 Å². The van der Waals surface area contributed by atoms with Gasteiger partial charge in [-0.05, 0) is 32.4 Å². The van der Waals surface area contributed by atoms with Crippen LogP contribution in [0, 0.1) is 5.92 Å². The quantitative estimate of drug-likeness (QED) is 0.493. The van der Waals surface area contributed by atoms with Gasteiger partial charge in [0.2, 0.25) is 0 Å². The summed E-state index contributed by atoms with van der Waals surface area (Å²) in [6.45, 7) is 10.5. The predicted molar refractivity (Wildman–Crippen MR) is 53.3 cm³/mol. The van der Waals surface area contributed by atoms with Crippen LogP contribution < -0.4 is 0 Å². The van der Waals surface area contributed by atoms with Crippen molar-refractivity contribution < 1.29 is 4.43 Å². The van der Waals surface area contributed by atoms with E-state index in [2.05, 4.69) is 20.4 Å². The van der Waals surface area contributed by atoms with E-state index in [0.29, 0.717) is 5.92 Å². The fourth-order valence-corrected chi connectivity index (χ4v) is 5.27. The Labute approximate surface area is 75.9 Å². The molecule has 0 aromatic heterocycles. The maximum Gasteiger partial charge on any atom is 0.287 e. The zero-order chi connectivity index (χ0) is 9.07. The summed E-state index contributed by atoms with van der Waals surface area (Å²) in [7, 11) is -1.86. The molecule has 0 N–H and O–H groups in total. The van der Waals surface area contributed by atoms with Crippen molar-refractivity contribution in [2.24, 2.45) is 5.92 Å². The van der Waals surface area contributed by atoms with Gasteiger partial charge in [-0.3, -0.25) is 0 Å². The summed E-state index contributed by atoms with van der Waals surface area (Å²) in [5, 5.41) is 0. The summed E-state index contributed by atoms with van der Waals surface area (Å²) in [5.41, 5.74) is 0. The fraction of sp³-hybridized carbons (Fsp3) is 1.00. The molecule has 1 unspecified atom stereocenters. The first-order valence-corrected chi connectivity index (χ1v) is 7.83. The number of hydrogen-bond acceptors (Lipinski definition) is 1.